The van der Waals surface area contributed by atoms with E-state index in [2.05, 4.69) is 5.10 Å². The second-order valence-corrected chi connectivity index (χ2v) is 4.53. The summed E-state index contributed by atoms with van der Waals surface area (Å²) >= 11 is 0. The van der Waals surface area contributed by atoms with Gasteiger partial charge in [0.2, 0.25) is 0 Å². The fourth-order valence-electron chi connectivity index (χ4n) is 2.14. The summed E-state index contributed by atoms with van der Waals surface area (Å²) in [4.78, 5) is 0. The SMILES string of the molecule is FC(F)(F)n1nc(-c2ccccc2)cc1-c1ccccc1. The van der Waals surface area contributed by atoms with E-state index in [1.54, 1.807) is 54.6 Å². The van der Waals surface area contributed by atoms with Crippen molar-refractivity contribution in [2.24, 2.45) is 0 Å². The summed E-state index contributed by atoms with van der Waals surface area (Å²) in [6.07, 6.45) is -4.56. The third-order valence-electron chi connectivity index (χ3n) is 3.09. The summed E-state index contributed by atoms with van der Waals surface area (Å²) in [6.45, 7) is 0. The van der Waals surface area contributed by atoms with Gasteiger partial charge in [-0.1, -0.05) is 60.7 Å². The van der Waals surface area contributed by atoms with E-state index in [9.17, 15) is 13.2 Å². The minimum absolute atomic E-state index is 0.0296. The summed E-state index contributed by atoms with van der Waals surface area (Å²) in [7, 11) is 0. The first-order valence-corrected chi connectivity index (χ1v) is 6.34. The highest BCUT2D eigenvalue weighted by atomic mass is 19.4. The molecule has 106 valence electrons. The number of hydrogen-bond donors (Lipinski definition) is 0. The Hall–Kier alpha value is -2.56. The molecule has 3 aromatic rings. The summed E-state index contributed by atoms with van der Waals surface area (Å²) < 4.78 is 39.6. The van der Waals surface area contributed by atoms with Gasteiger partial charge in [0.15, 0.2) is 0 Å². The number of benzene rings is 2. The van der Waals surface area contributed by atoms with E-state index < -0.39 is 6.30 Å². The van der Waals surface area contributed by atoms with E-state index in [1.807, 2.05) is 6.07 Å². The van der Waals surface area contributed by atoms with Crippen molar-refractivity contribution in [1.82, 2.24) is 9.78 Å². The number of hydrogen-bond acceptors (Lipinski definition) is 1. The van der Waals surface area contributed by atoms with Gasteiger partial charge in [-0.25, -0.2) is 0 Å². The molecule has 0 aliphatic carbocycles. The van der Waals surface area contributed by atoms with E-state index in [1.165, 1.54) is 6.07 Å². The molecule has 0 aliphatic rings. The molecule has 2 nitrogen and oxygen atoms in total. The van der Waals surface area contributed by atoms with Gasteiger partial charge in [-0.05, 0) is 6.07 Å². The molecule has 0 unspecified atom stereocenters. The maximum Gasteiger partial charge on any atom is 0.505 e. The predicted octanol–water partition coefficient (Wildman–Crippen LogP) is 4.69. The van der Waals surface area contributed by atoms with Gasteiger partial charge in [0.25, 0.3) is 0 Å². The zero-order valence-electron chi connectivity index (χ0n) is 10.9. The Balaban J connectivity index is 2.17. The molecular formula is C16H11F3N2. The van der Waals surface area contributed by atoms with Crippen molar-refractivity contribution in [2.45, 2.75) is 6.30 Å². The van der Waals surface area contributed by atoms with Gasteiger partial charge in [-0.15, -0.1) is 13.2 Å². The van der Waals surface area contributed by atoms with E-state index in [0.717, 1.165) is 0 Å². The lowest BCUT2D eigenvalue weighted by molar-refractivity contribution is -0.210. The van der Waals surface area contributed by atoms with Crippen molar-refractivity contribution in [1.29, 1.82) is 0 Å². The Bertz CT molecular complexity index is 731. The van der Waals surface area contributed by atoms with Gasteiger partial charge in [-0.2, -0.15) is 9.78 Å². The Morgan fingerprint density at radius 3 is 1.81 bits per heavy atom. The number of nitrogens with zero attached hydrogens (tertiary/aromatic N) is 2. The summed E-state index contributed by atoms with van der Waals surface area (Å²) in [5, 5.41) is 3.72. The third kappa shape index (κ3) is 2.67. The zero-order chi connectivity index (χ0) is 14.9. The van der Waals surface area contributed by atoms with E-state index in [4.69, 9.17) is 0 Å². The van der Waals surface area contributed by atoms with Gasteiger partial charge in [0.1, 0.15) is 0 Å². The van der Waals surface area contributed by atoms with Crippen LogP contribution in [0.25, 0.3) is 22.5 Å². The third-order valence-corrected chi connectivity index (χ3v) is 3.09. The van der Waals surface area contributed by atoms with Gasteiger partial charge in [-0.3, -0.25) is 0 Å². The summed E-state index contributed by atoms with van der Waals surface area (Å²) in [6, 6.07) is 18.7. The lowest BCUT2D eigenvalue weighted by Gasteiger charge is -2.10. The molecule has 0 radical (unpaired) electrons. The number of halogens is 3. The minimum atomic E-state index is -4.56. The Morgan fingerprint density at radius 1 is 0.762 bits per heavy atom. The molecule has 0 saturated heterocycles. The molecule has 1 heterocycles. The van der Waals surface area contributed by atoms with Crippen LogP contribution in [0.1, 0.15) is 0 Å². The predicted molar refractivity (Wildman–Crippen MR) is 74.4 cm³/mol. The lowest BCUT2D eigenvalue weighted by Crippen LogP contribution is -2.19. The monoisotopic (exact) mass is 288 g/mol. The Labute approximate surface area is 119 Å². The molecule has 2 aromatic carbocycles. The smallest absolute Gasteiger partial charge is 0.170 e. The molecular weight excluding hydrogens is 277 g/mol. The second-order valence-electron chi connectivity index (χ2n) is 4.53. The number of alkyl halides is 3. The van der Waals surface area contributed by atoms with Crippen LogP contribution >= 0.6 is 0 Å². The molecule has 0 spiro atoms. The molecule has 0 amide bonds. The lowest BCUT2D eigenvalue weighted by atomic mass is 10.1. The van der Waals surface area contributed by atoms with E-state index in [-0.39, 0.29) is 10.4 Å². The standard InChI is InChI=1S/C16H11F3N2/c17-16(18,19)21-15(13-9-5-2-6-10-13)11-14(20-21)12-7-3-1-4-8-12/h1-11H. The maximum absolute atomic E-state index is 13.2. The molecule has 5 heteroatoms. The average Bonchev–Trinajstić information content (AvgIpc) is 2.94. The zero-order valence-corrected chi connectivity index (χ0v) is 10.9. The van der Waals surface area contributed by atoms with Crippen LogP contribution in [-0.4, -0.2) is 9.78 Å². The van der Waals surface area contributed by atoms with Gasteiger partial charge in [0.05, 0.1) is 11.4 Å². The first-order valence-electron chi connectivity index (χ1n) is 6.34. The molecule has 21 heavy (non-hydrogen) atoms. The van der Waals surface area contributed by atoms with Crippen LogP contribution in [0.3, 0.4) is 0 Å². The van der Waals surface area contributed by atoms with Crippen LogP contribution in [0.5, 0.6) is 0 Å². The van der Waals surface area contributed by atoms with Crippen LogP contribution in [0, 0.1) is 0 Å². The minimum Gasteiger partial charge on any atom is -0.170 e. The van der Waals surface area contributed by atoms with Crippen LogP contribution < -0.4 is 0 Å². The van der Waals surface area contributed by atoms with E-state index in [0.29, 0.717) is 16.8 Å². The highest BCUT2D eigenvalue weighted by Crippen LogP contribution is 2.32. The fraction of sp³-hybridized carbons (Fsp3) is 0.0625. The number of aromatic nitrogens is 2. The highest BCUT2D eigenvalue weighted by molar-refractivity contribution is 5.68. The molecule has 0 saturated carbocycles. The largest absolute Gasteiger partial charge is 0.505 e. The van der Waals surface area contributed by atoms with Crippen molar-refractivity contribution in [3.63, 3.8) is 0 Å². The molecule has 0 atom stereocenters. The first-order chi connectivity index (χ1) is 10.1. The van der Waals surface area contributed by atoms with Crippen molar-refractivity contribution in [3.8, 4) is 22.5 Å². The van der Waals surface area contributed by atoms with Gasteiger partial charge < -0.3 is 0 Å². The van der Waals surface area contributed by atoms with Crippen molar-refractivity contribution in [2.75, 3.05) is 0 Å². The Morgan fingerprint density at radius 2 is 1.29 bits per heavy atom. The second kappa shape index (κ2) is 5.09. The van der Waals surface area contributed by atoms with Crippen LogP contribution in [0.4, 0.5) is 13.2 Å². The van der Waals surface area contributed by atoms with Gasteiger partial charge in [0, 0.05) is 11.1 Å². The summed E-state index contributed by atoms with van der Waals surface area (Å²) in [5.74, 6) is 0. The van der Waals surface area contributed by atoms with E-state index >= 15 is 0 Å². The molecule has 0 aliphatic heterocycles. The normalized spacial score (nSPS) is 11.6. The van der Waals surface area contributed by atoms with Crippen molar-refractivity contribution < 1.29 is 13.2 Å². The summed E-state index contributed by atoms with van der Waals surface area (Å²) in [5.41, 5.74) is 1.45. The van der Waals surface area contributed by atoms with Crippen molar-refractivity contribution in [3.05, 3.63) is 66.7 Å². The molecule has 1 aromatic heterocycles. The van der Waals surface area contributed by atoms with Crippen LogP contribution in [0.15, 0.2) is 66.7 Å². The van der Waals surface area contributed by atoms with Crippen LogP contribution in [0.2, 0.25) is 0 Å². The van der Waals surface area contributed by atoms with Crippen molar-refractivity contribution >= 4 is 0 Å². The highest BCUT2D eigenvalue weighted by Gasteiger charge is 2.35. The average molecular weight is 288 g/mol. The quantitative estimate of drug-likeness (QED) is 0.668. The van der Waals surface area contributed by atoms with Gasteiger partial charge >= 0.3 is 6.30 Å². The first kappa shape index (κ1) is 13.4. The topological polar surface area (TPSA) is 17.8 Å². The van der Waals surface area contributed by atoms with Crippen LogP contribution in [-0.2, 0) is 6.30 Å². The molecule has 0 fully saturated rings. The molecule has 0 N–H and O–H groups in total. The molecule has 0 bridgehead atoms. The number of rotatable bonds is 2. The maximum atomic E-state index is 13.2. The molecule has 3 rings (SSSR count). The Kier molecular flexibility index (Phi) is 3.25. The fourth-order valence-corrected chi connectivity index (χ4v) is 2.14.